The average molecular weight is 1090 g/mol. The Morgan fingerprint density at radius 3 is 1.23 bits per heavy atom. The van der Waals surface area contributed by atoms with Crippen molar-refractivity contribution >= 4 is 91.3 Å². The van der Waals surface area contributed by atoms with Crippen LogP contribution in [0.15, 0.2) is 194 Å². The SMILES string of the molecule is Cc1cc2c(cc1N1c3cc(N(c4ccccc4)c4ccccc4)ccc3B3c4cc5c(cc4N(c4ccc6c(c4)C(C)(C)CCC6(C)C)c4cc(N(c6ccccc6)c6ccccc6)cc1c43)C(C)(C)CCC5(C)C)C(C)(C)CC2(C)C. The van der Waals surface area contributed by atoms with Gasteiger partial charge in [-0.1, -0.05) is 180 Å². The molecule has 0 atom stereocenters. The number of fused-ring (bicyclic) bond motifs is 7. The molecule has 0 radical (unpaired) electrons. The van der Waals surface area contributed by atoms with E-state index in [1.54, 1.807) is 0 Å². The van der Waals surface area contributed by atoms with E-state index in [4.69, 9.17) is 0 Å². The minimum absolute atomic E-state index is 0.00760. The van der Waals surface area contributed by atoms with Crippen molar-refractivity contribution in [2.45, 2.75) is 155 Å². The third-order valence-corrected chi connectivity index (χ3v) is 20.6. The summed E-state index contributed by atoms with van der Waals surface area (Å²) >= 11 is 0. The Labute approximate surface area is 495 Å². The van der Waals surface area contributed by atoms with E-state index in [9.17, 15) is 0 Å². The molecule has 9 aromatic carbocycles. The number of aryl methyl sites for hydroxylation is 1. The first kappa shape index (κ1) is 53.3. The lowest BCUT2D eigenvalue weighted by molar-refractivity contribution is 0.332. The Morgan fingerprint density at radius 2 is 0.711 bits per heavy atom. The molecule has 9 aromatic rings. The van der Waals surface area contributed by atoms with Crippen LogP contribution in [0.4, 0.5) is 68.2 Å². The summed E-state index contributed by atoms with van der Waals surface area (Å²) in [6.07, 6.45) is 5.69. The lowest BCUT2D eigenvalue weighted by atomic mass is 9.33. The van der Waals surface area contributed by atoms with E-state index < -0.39 is 0 Å². The molecule has 0 saturated carbocycles. The first-order chi connectivity index (χ1) is 39.5. The monoisotopic (exact) mass is 1080 g/mol. The van der Waals surface area contributed by atoms with Gasteiger partial charge in [0.15, 0.2) is 0 Å². The molecule has 3 aliphatic carbocycles. The van der Waals surface area contributed by atoms with Crippen LogP contribution in [0, 0.1) is 6.92 Å². The minimum Gasteiger partial charge on any atom is -0.311 e. The third-order valence-electron chi connectivity index (χ3n) is 20.6. The van der Waals surface area contributed by atoms with E-state index in [0.29, 0.717) is 0 Å². The normalized spacial score (nSPS) is 18.4. The van der Waals surface area contributed by atoms with Gasteiger partial charge in [0, 0.05) is 62.6 Å². The Hall–Kier alpha value is -7.76. The molecule has 5 aliphatic rings. The van der Waals surface area contributed by atoms with E-state index >= 15 is 0 Å². The number of anilines is 12. The fourth-order valence-electron chi connectivity index (χ4n) is 16.1. The van der Waals surface area contributed by atoms with Crippen LogP contribution in [0.5, 0.6) is 0 Å². The van der Waals surface area contributed by atoms with Crippen LogP contribution in [0.1, 0.15) is 154 Å². The first-order valence-corrected chi connectivity index (χ1v) is 30.8. The van der Waals surface area contributed by atoms with Gasteiger partial charge >= 0.3 is 0 Å². The molecule has 0 N–H and O–H groups in total. The number of rotatable bonds is 8. The van der Waals surface area contributed by atoms with Crippen molar-refractivity contribution in [3.8, 4) is 0 Å². The molecule has 416 valence electrons. The van der Waals surface area contributed by atoms with Gasteiger partial charge in [0.05, 0.1) is 5.69 Å². The summed E-state index contributed by atoms with van der Waals surface area (Å²) in [6, 6.07) is 74.7. The van der Waals surface area contributed by atoms with Crippen molar-refractivity contribution < 1.29 is 0 Å². The van der Waals surface area contributed by atoms with Gasteiger partial charge in [0.2, 0.25) is 0 Å². The van der Waals surface area contributed by atoms with Crippen molar-refractivity contribution in [3.63, 3.8) is 0 Å². The van der Waals surface area contributed by atoms with E-state index in [1.165, 1.54) is 95.9 Å². The molecule has 83 heavy (non-hydrogen) atoms. The predicted octanol–water partition coefficient (Wildman–Crippen LogP) is 19.7. The second kappa shape index (κ2) is 18.6. The molecule has 0 bridgehead atoms. The summed E-state index contributed by atoms with van der Waals surface area (Å²) in [7, 11) is 0. The zero-order chi connectivity index (χ0) is 57.8. The van der Waals surface area contributed by atoms with Crippen LogP contribution in [-0.2, 0) is 32.5 Å². The maximum absolute atomic E-state index is 2.73. The van der Waals surface area contributed by atoms with Crippen molar-refractivity contribution in [3.05, 3.63) is 233 Å². The van der Waals surface area contributed by atoms with Gasteiger partial charge in [0.25, 0.3) is 6.71 Å². The number of benzene rings is 9. The van der Waals surface area contributed by atoms with Crippen molar-refractivity contribution in [1.29, 1.82) is 0 Å². The standard InChI is InChI=1S/C78H81BN4/c1-51-42-60-64(78(12,13)50-77(60,10)11)48-67(51)83-68-44-57(80(52-26-18-14-19-27-52)53-28-20-15-21-29-53)35-37-65(68)79-66-47-62-63(76(8,9)41-40-75(62,6)7)49-69(66)82(56-34-36-59-61(43-56)74(4,5)39-38-73(59,2)3)70-45-58(46-71(83)72(70)79)81(54-30-22-16-23-31-54)55-32-24-17-25-33-55/h14-37,42-49H,38-41,50H2,1-13H3. The van der Waals surface area contributed by atoms with Crippen LogP contribution in [0.3, 0.4) is 0 Å². The molecule has 0 spiro atoms. The molecule has 0 fully saturated rings. The van der Waals surface area contributed by atoms with Crippen LogP contribution < -0.4 is 36.0 Å². The zero-order valence-corrected chi connectivity index (χ0v) is 51.4. The Balaban J connectivity index is 1.15. The second-order valence-electron chi connectivity index (χ2n) is 29.1. The fourth-order valence-corrected chi connectivity index (χ4v) is 16.1. The number of hydrogen-bond donors (Lipinski definition) is 0. The molecular formula is C78H81BN4. The molecule has 5 heteroatoms. The van der Waals surface area contributed by atoms with Crippen molar-refractivity contribution in [2.24, 2.45) is 0 Å². The first-order valence-electron chi connectivity index (χ1n) is 30.8. The number of hydrogen-bond acceptors (Lipinski definition) is 4. The molecule has 0 unspecified atom stereocenters. The summed E-state index contributed by atoms with van der Waals surface area (Å²) in [5, 5.41) is 0. The number of para-hydroxylation sites is 4. The summed E-state index contributed by atoms with van der Waals surface area (Å²) in [4.78, 5) is 10.4. The highest BCUT2D eigenvalue weighted by molar-refractivity contribution is 7.00. The molecule has 4 nitrogen and oxygen atoms in total. The van der Waals surface area contributed by atoms with E-state index in [2.05, 4.69) is 304 Å². The maximum atomic E-state index is 2.73. The molecule has 0 aromatic heterocycles. The molecule has 0 amide bonds. The van der Waals surface area contributed by atoms with Gasteiger partial charge in [-0.3, -0.25) is 0 Å². The number of nitrogens with zero attached hydrogens (tertiary/aromatic N) is 4. The highest BCUT2D eigenvalue weighted by Gasteiger charge is 2.49. The van der Waals surface area contributed by atoms with Gasteiger partial charge in [-0.15, -0.1) is 0 Å². The second-order valence-corrected chi connectivity index (χ2v) is 29.1. The summed E-state index contributed by atoms with van der Waals surface area (Å²) in [6.45, 7) is 32.0. The molecule has 2 aliphatic heterocycles. The Kier molecular flexibility index (Phi) is 12.0. The highest BCUT2D eigenvalue weighted by Crippen LogP contribution is 2.57. The predicted molar refractivity (Wildman–Crippen MR) is 356 cm³/mol. The largest absolute Gasteiger partial charge is 0.311 e. The smallest absolute Gasteiger partial charge is 0.252 e. The van der Waals surface area contributed by atoms with Gasteiger partial charge < -0.3 is 19.6 Å². The molecule has 0 saturated heterocycles. The average Bonchev–Trinajstić information content (AvgIpc) is 1.78. The minimum atomic E-state index is -0.0892. The Bertz CT molecular complexity index is 3960. The molecule has 14 rings (SSSR count). The summed E-state index contributed by atoms with van der Waals surface area (Å²) in [5.74, 6) is 0. The Morgan fingerprint density at radius 1 is 0.313 bits per heavy atom. The van der Waals surface area contributed by atoms with Gasteiger partial charge in [0.1, 0.15) is 0 Å². The molecular weight excluding hydrogens is 1000 g/mol. The van der Waals surface area contributed by atoms with Gasteiger partial charge in [-0.25, -0.2) is 0 Å². The zero-order valence-electron chi connectivity index (χ0n) is 51.4. The third kappa shape index (κ3) is 8.44. The van der Waals surface area contributed by atoms with Crippen LogP contribution in [-0.4, -0.2) is 6.71 Å². The van der Waals surface area contributed by atoms with Gasteiger partial charge in [-0.2, -0.15) is 0 Å². The van der Waals surface area contributed by atoms with Crippen LogP contribution >= 0.6 is 0 Å². The lowest BCUT2D eigenvalue weighted by Gasteiger charge is -2.48. The van der Waals surface area contributed by atoms with E-state index in [-0.39, 0.29) is 39.2 Å². The quantitative estimate of drug-likeness (QED) is 0.141. The summed E-state index contributed by atoms with van der Waals surface area (Å²) < 4.78 is 0. The van der Waals surface area contributed by atoms with Gasteiger partial charge in [-0.05, 0) is 224 Å². The van der Waals surface area contributed by atoms with E-state index in [1.807, 2.05) is 0 Å². The maximum Gasteiger partial charge on any atom is 0.252 e. The lowest BCUT2D eigenvalue weighted by Crippen LogP contribution is -2.62. The molecule has 2 heterocycles. The van der Waals surface area contributed by atoms with Crippen LogP contribution in [0.25, 0.3) is 0 Å². The van der Waals surface area contributed by atoms with Crippen LogP contribution in [0.2, 0.25) is 0 Å². The highest BCUT2D eigenvalue weighted by atomic mass is 15.2. The topological polar surface area (TPSA) is 13.0 Å². The van der Waals surface area contributed by atoms with E-state index in [0.717, 1.165) is 59.8 Å². The van der Waals surface area contributed by atoms with Crippen molar-refractivity contribution in [2.75, 3.05) is 19.6 Å². The fraction of sp³-hybridized carbons (Fsp3) is 0.308. The van der Waals surface area contributed by atoms with Crippen molar-refractivity contribution in [1.82, 2.24) is 0 Å². The summed E-state index contributed by atoms with van der Waals surface area (Å²) in [5.41, 5.74) is 28.3.